The van der Waals surface area contributed by atoms with Crippen molar-refractivity contribution in [3.8, 4) is 23.3 Å². The van der Waals surface area contributed by atoms with Gasteiger partial charge in [-0.15, -0.1) is 0 Å². The Morgan fingerprint density at radius 3 is 0.543 bits per heavy atom. The summed E-state index contributed by atoms with van der Waals surface area (Å²) >= 11 is 0. The highest BCUT2D eigenvalue weighted by molar-refractivity contribution is 7.94. The van der Waals surface area contributed by atoms with Crippen LogP contribution in [0.4, 0.5) is 198 Å². The van der Waals surface area contributed by atoms with E-state index in [4.69, 9.17) is 0 Å². The molecule has 94 heavy (non-hydrogen) atoms. The summed E-state index contributed by atoms with van der Waals surface area (Å²) in [6.45, 7) is -15.5. The van der Waals surface area contributed by atoms with Crippen molar-refractivity contribution in [2.24, 2.45) is 0 Å². The van der Waals surface area contributed by atoms with Crippen molar-refractivity contribution in [2.75, 3.05) is 19.8 Å². The summed E-state index contributed by atoms with van der Waals surface area (Å²) in [5.74, 6) is -154. The second-order valence-electron chi connectivity index (χ2n) is 18.6. The minimum atomic E-state index is -8.81. The van der Waals surface area contributed by atoms with Crippen molar-refractivity contribution in [1.82, 2.24) is 0 Å². The summed E-state index contributed by atoms with van der Waals surface area (Å²) in [6.07, 6.45) is -24.0. The number of rotatable bonds is 27. The molecule has 3 rings (SSSR count). The lowest BCUT2D eigenvalue weighted by Gasteiger charge is -2.41. The molecule has 4 nitrogen and oxygen atoms in total. The van der Waals surface area contributed by atoms with Crippen molar-refractivity contribution < 1.29 is 212 Å². The Morgan fingerprint density at radius 2 is 0.394 bits per heavy atom. The van der Waals surface area contributed by atoms with E-state index in [1.807, 2.05) is 0 Å². The fourth-order valence-electron chi connectivity index (χ4n) is 6.88. The van der Waals surface area contributed by atoms with E-state index in [9.17, 15) is 203 Å². The molecule has 0 aliphatic heterocycles. The zero-order valence-electron chi connectivity index (χ0n) is 42.8. The third kappa shape index (κ3) is 12.1. The monoisotopic (exact) mass is 1500 g/mol. The number of ether oxygens (including phenoxy) is 3. The van der Waals surface area contributed by atoms with Gasteiger partial charge < -0.3 is 14.2 Å². The molecule has 0 N–H and O–H groups in total. The number of hydrogen-bond donors (Lipinski definition) is 0. The molecule has 0 atom stereocenters. The van der Waals surface area contributed by atoms with Crippen LogP contribution in [0.2, 0.25) is 0 Å². The molecule has 0 saturated heterocycles. The van der Waals surface area contributed by atoms with Crippen LogP contribution in [0.15, 0.2) is 72.8 Å². The summed E-state index contributed by atoms with van der Waals surface area (Å²) in [4.78, 5) is 0. The SMILES string of the molecule is N#CC=P(c1ccc(OCC(F)(F)C(F)(F)C(F)(F)C(F)(F)C(F)(F)C(F)(F)C(F)(F)F)cc1)(c1ccc(OCC(F)(F)C(F)(F)C(F)(F)C(F)(F)C(F)(F)C(F)(F)C(F)(F)F)cc1)c1ccc(OCC(F)(F)C(F)(F)C(F)(F)C(F)(F)C(F)(F)C(F)(F)C(F)(F)F)cc1. The van der Waals surface area contributed by atoms with Gasteiger partial charge in [0.25, 0.3) is 0 Å². The number of alkyl halides is 45. The van der Waals surface area contributed by atoms with Crippen LogP contribution < -0.4 is 30.1 Å². The van der Waals surface area contributed by atoms with Crippen LogP contribution in [0.3, 0.4) is 0 Å². The molecule has 0 amide bonds. The molecule has 538 valence electrons. The van der Waals surface area contributed by atoms with E-state index < -0.39 is 185 Å². The van der Waals surface area contributed by atoms with Crippen LogP contribution in [0, 0.1) is 11.3 Å². The average molecular weight is 1500 g/mol. The zero-order chi connectivity index (χ0) is 74.6. The van der Waals surface area contributed by atoms with Gasteiger partial charge in [0.05, 0.1) is 6.07 Å². The van der Waals surface area contributed by atoms with Gasteiger partial charge in [0.2, 0.25) is 0 Å². The van der Waals surface area contributed by atoms with E-state index in [-0.39, 0.29) is 78.6 Å². The number of nitrogens with zero attached hydrogens (tertiary/aromatic N) is 1. The summed E-state index contributed by atoms with van der Waals surface area (Å²) in [5.41, 5.74) is 0. The summed E-state index contributed by atoms with van der Waals surface area (Å²) < 4.78 is 630. The molecule has 0 aromatic heterocycles. The van der Waals surface area contributed by atoms with Crippen LogP contribution in [-0.4, -0.2) is 151 Å². The lowest BCUT2D eigenvalue weighted by molar-refractivity contribution is -0.453. The maximum Gasteiger partial charge on any atom is 0.460 e. The molecule has 0 unspecified atom stereocenters. The highest BCUT2D eigenvalue weighted by atomic mass is 31.2. The molecule has 0 spiro atoms. The first-order valence-electron chi connectivity index (χ1n) is 22.4. The molecule has 0 radical (unpaired) electrons. The predicted octanol–water partition coefficient (Wildman–Crippen LogP) is 17.6. The van der Waals surface area contributed by atoms with E-state index in [0.717, 1.165) is 0 Å². The lowest BCUT2D eigenvalue weighted by atomic mass is 9.91. The Hall–Kier alpha value is -6.30. The van der Waals surface area contributed by atoms with Gasteiger partial charge in [-0.25, -0.2) is 0 Å². The van der Waals surface area contributed by atoms with Crippen LogP contribution in [0.25, 0.3) is 0 Å². The minimum absolute atomic E-state index is 0.0483. The molecule has 0 aliphatic carbocycles. The van der Waals surface area contributed by atoms with Crippen LogP contribution in [0.1, 0.15) is 0 Å². The van der Waals surface area contributed by atoms with Gasteiger partial charge >= 0.3 is 125 Å². The molecule has 50 heteroatoms. The lowest BCUT2D eigenvalue weighted by Crippen LogP contribution is -2.73. The maximum atomic E-state index is 14.6. The van der Waals surface area contributed by atoms with Gasteiger partial charge in [0.1, 0.15) is 17.2 Å². The largest absolute Gasteiger partial charge is 0.487 e. The van der Waals surface area contributed by atoms with Crippen molar-refractivity contribution >= 4 is 28.6 Å². The maximum absolute atomic E-state index is 14.6. The first kappa shape index (κ1) is 81.9. The predicted molar refractivity (Wildman–Crippen MR) is 221 cm³/mol. The van der Waals surface area contributed by atoms with Crippen molar-refractivity contribution in [3.05, 3.63) is 72.8 Å². The fraction of sp³-hybridized carbons (Fsp3) is 0.545. The Kier molecular flexibility index (Phi) is 20.7. The van der Waals surface area contributed by atoms with Gasteiger partial charge in [0, 0.05) is 5.80 Å². The van der Waals surface area contributed by atoms with E-state index in [0.29, 0.717) is 0 Å². The third-order valence-electron chi connectivity index (χ3n) is 12.4. The second kappa shape index (κ2) is 23.8. The normalized spacial score (nSPS) is 15.6. The zero-order valence-corrected chi connectivity index (χ0v) is 43.6. The van der Waals surface area contributed by atoms with E-state index >= 15 is 0 Å². The average Bonchev–Trinajstić information content (AvgIpc) is 0.715. The Labute approximate surface area is 487 Å². The summed E-state index contributed by atoms with van der Waals surface area (Å²) in [7, 11) is 0. The molecular weight excluding hydrogens is 1480 g/mol. The molecule has 0 saturated carbocycles. The Bertz CT molecular complexity index is 2920. The molecule has 0 bridgehead atoms. The van der Waals surface area contributed by atoms with Crippen LogP contribution in [0.5, 0.6) is 17.2 Å². The highest BCUT2D eigenvalue weighted by Gasteiger charge is 2.96. The smallest absolute Gasteiger partial charge is 0.460 e. The Balaban J connectivity index is 2.24. The minimum Gasteiger partial charge on any atom is -0.487 e. The van der Waals surface area contributed by atoms with Gasteiger partial charge in [-0.05, 0) is 59.2 Å². The van der Waals surface area contributed by atoms with Gasteiger partial charge in [-0.3, -0.25) is 0 Å². The van der Waals surface area contributed by atoms with Crippen LogP contribution >= 0.6 is 6.89 Å². The Morgan fingerprint density at radius 1 is 0.245 bits per heavy atom. The van der Waals surface area contributed by atoms with Crippen molar-refractivity contribution in [2.45, 2.75) is 125 Å². The number of halogens is 45. The molecule has 3 aromatic carbocycles. The van der Waals surface area contributed by atoms with Crippen molar-refractivity contribution in [1.29, 1.82) is 5.26 Å². The second-order valence-corrected chi connectivity index (χ2v) is 21.8. The van der Waals surface area contributed by atoms with Gasteiger partial charge in [0.15, 0.2) is 19.8 Å². The first-order chi connectivity index (χ1) is 41.1. The number of benzene rings is 3. The molecule has 3 aromatic rings. The molecule has 0 fully saturated rings. The van der Waals surface area contributed by atoms with E-state index in [1.165, 1.54) is 6.07 Å². The van der Waals surface area contributed by atoms with E-state index in [1.54, 1.807) is 0 Å². The fourth-order valence-corrected chi connectivity index (χ4v) is 10.3. The molecule has 0 aliphatic rings. The highest BCUT2D eigenvalue weighted by Crippen LogP contribution is 2.66. The van der Waals surface area contributed by atoms with E-state index in [2.05, 4.69) is 14.2 Å². The van der Waals surface area contributed by atoms with Gasteiger partial charge in [-0.1, -0.05) is 36.4 Å². The number of hydrogen-bond acceptors (Lipinski definition) is 4. The molecule has 0 heterocycles. The third-order valence-corrected chi connectivity index (χ3v) is 16.3. The first-order valence-corrected chi connectivity index (χ1v) is 24.3. The topological polar surface area (TPSA) is 51.5 Å². The quantitative estimate of drug-likeness (QED) is 0.0564. The van der Waals surface area contributed by atoms with Crippen molar-refractivity contribution in [3.63, 3.8) is 0 Å². The summed E-state index contributed by atoms with van der Waals surface area (Å²) in [6, 6.07) is 3.09. The number of nitriles is 1. The van der Waals surface area contributed by atoms with Crippen LogP contribution in [-0.2, 0) is 0 Å². The van der Waals surface area contributed by atoms with Gasteiger partial charge in [-0.2, -0.15) is 203 Å². The standard InChI is InChI=1S/C44H19F45NO3P/c45-24(46,27(51,52)30(57,58)33(63,64)36(69,70)39(75,76)42(81,82)83)15-91-18-1-7-21(8-2-18)94(14-13-90,22-9-3-19(4-10-22)92-16-25(47,48)28(53,54)31(59,60)34(65,66)37(71,72)40(77,78)43(84,85)86)23-11-5-20(6-12-23)93-17-26(49,50)29(55,56)32(61,62)35(67,68)38(73,74)41(79,80)44(87,88)89/h1-12,14H,15-17H2. The summed E-state index contributed by atoms with van der Waals surface area (Å²) in [5, 5.41) is 7.35. The molecular formula is C44H19F45NO3P.